The van der Waals surface area contributed by atoms with E-state index in [0.717, 1.165) is 12.8 Å². The normalized spacial score (nSPS) is 14.3. The molecule has 7 heteroatoms. The topological polar surface area (TPSA) is 84.4 Å². The van der Waals surface area contributed by atoms with E-state index < -0.39 is 0 Å². The molecule has 0 spiro atoms. The van der Waals surface area contributed by atoms with Gasteiger partial charge in [0.25, 0.3) is 0 Å². The molecule has 2 aromatic rings. The molecule has 1 aromatic heterocycles. The van der Waals surface area contributed by atoms with Gasteiger partial charge in [0.2, 0.25) is 17.7 Å². The third-order valence-corrected chi connectivity index (χ3v) is 3.64. The smallest absolute Gasteiger partial charge is 0.243 e. The van der Waals surface area contributed by atoms with Crippen molar-refractivity contribution in [3.63, 3.8) is 0 Å². The van der Waals surface area contributed by atoms with Gasteiger partial charge in [-0.1, -0.05) is 6.07 Å². The second-order valence-electron chi connectivity index (χ2n) is 5.49. The molecule has 24 heavy (non-hydrogen) atoms. The predicted octanol–water partition coefficient (Wildman–Crippen LogP) is 2.22. The molecule has 124 valence electrons. The summed E-state index contributed by atoms with van der Waals surface area (Å²) in [6.45, 7) is 0.718. The summed E-state index contributed by atoms with van der Waals surface area (Å²) in [5.41, 5.74) is 0.603. The van der Waals surface area contributed by atoms with E-state index >= 15 is 0 Å². The van der Waals surface area contributed by atoms with Crippen LogP contribution in [0.4, 0.5) is 5.69 Å². The Labute approximate surface area is 139 Å². The molecule has 0 atom stereocenters. The van der Waals surface area contributed by atoms with Gasteiger partial charge in [-0.25, -0.2) is 4.98 Å². The third kappa shape index (κ3) is 4.28. The molecule has 1 fully saturated rings. The number of ether oxygens (including phenoxy) is 1. The fraction of sp³-hybridized carbons (Fsp3) is 0.294. The highest BCUT2D eigenvalue weighted by Crippen LogP contribution is 2.22. The van der Waals surface area contributed by atoms with Crippen molar-refractivity contribution in [3.8, 4) is 11.6 Å². The number of benzene rings is 1. The Morgan fingerprint density at radius 3 is 3.00 bits per heavy atom. The van der Waals surface area contributed by atoms with Crippen LogP contribution >= 0.6 is 0 Å². The van der Waals surface area contributed by atoms with Gasteiger partial charge in [0.05, 0.1) is 12.7 Å². The van der Waals surface area contributed by atoms with E-state index in [0.29, 0.717) is 30.3 Å². The summed E-state index contributed by atoms with van der Waals surface area (Å²) in [4.78, 5) is 33.4. The summed E-state index contributed by atoms with van der Waals surface area (Å²) in [6, 6.07) is 7.00. The number of carbonyl (C=O) groups is 2. The second-order valence-corrected chi connectivity index (χ2v) is 5.49. The van der Waals surface area contributed by atoms with Crippen LogP contribution in [0.15, 0.2) is 42.9 Å². The minimum Gasteiger partial charge on any atom is -0.437 e. The van der Waals surface area contributed by atoms with Crippen molar-refractivity contribution in [1.29, 1.82) is 0 Å². The lowest BCUT2D eigenvalue weighted by molar-refractivity contribution is -0.136. The largest absolute Gasteiger partial charge is 0.437 e. The molecule has 2 heterocycles. The van der Waals surface area contributed by atoms with Gasteiger partial charge in [0.1, 0.15) is 5.75 Å². The Balaban J connectivity index is 1.59. The Kier molecular flexibility index (Phi) is 5.00. The summed E-state index contributed by atoms with van der Waals surface area (Å²) in [7, 11) is 0. The number of anilines is 1. The number of aromatic nitrogens is 2. The van der Waals surface area contributed by atoms with E-state index in [1.165, 1.54) is 12.4 Å². The summed E-state index contributed by atoms with van der Waals surface area (Å²) in [5.74, 6) is 0.736. The zero-order chi connectivity index (χ0) is 16.8. The Morgan fingerprint density at radius 1 is 1.29 bits per heavy atom. The van der Waals surface area contributed by atoms with Gasteiger partial charge in [-0.05, 0) is 25.0 Å². The molecule has 0 bridgehead atoms. The van der Waals surface area contributed by atoms with Gasteiger partial charge >= 0.3 is 0 Å². The lowest BCUT2D eigenvalue weighted by Gasteiger charge is -2.25. The molecule has 1 saturated heterocycles. The first-order valence-corrected chi connectivity index (χ1v) is 7.82. The van der Waals surface area contributed by atoms with Crippen molar-refractivity contribution < 1.29 is 14.3 Å². The minimum absolute atomic E-state index is 0.0381. The minimum atomic E-state index is -0.220. The fourth-order valence-electron chi connectivity index (χ4n) is 2.50. The van der Waals surface area contributed by atoms with E-state index in [1.807, 2.05) is 0 Å². The number of hydrogen-bond acceptors (Lipinski definition) is 5. The molecule has 7 nitrogen and oxygen atoms in total. The number of nitrogens with zero attached hydrogens (tertiary/aromatic N) is 3. The number of amides is 2. The van der Waals surface area contributed by atoms with E-state index in [1.54, 1.807) is 35.4 Å². The van der Waals surface area contributed by atoms with Crippen molar-refractivity contribution in [2.45, 2.75) is 19.3 Å². The molecule has 3 rings (SSSR count). The van der Waals surface area contributed by atoms with Crippen LogP contribution in [0.5, 0.6) is 11.6 Å². The first-order valence-electron chi connectivity index (χ1n) is 7.82. The molecule has 1 aromatic carbocycles. The average Bonchev–Trinajstić information content (AvgIpc) is 2.58. The van der Waals surface area contributed by atoms with Crippen LogP contribution in [0.3, 0.4) is 0 Å². The number of piperidine rings is 1. The highest BCUT2D eigenvalue weighted by atomic mass is 16.5. The van der Waals surface area contributed by atoms with Crippen LogP contribution in [0.25, 0.3) is 0 Å². The van der Waals surface area contributed by atoms with Gasteiger partial charge < -0.3 is 15.0 Å². The molecular weight excluding hydrogens is 308 g/mol. The van der Waals surface area contributed by atoms with Crippen molar-refractivity contribution in [2.24, 2.45) is 0 Å². The zero-order valence-corrected chi connectivity index (χ0v) is 13.1. The summed E-state index contributed by atoms with van der Waals surface area (Å²) in [5, 5.41) is 2.79. The van der Waals surface area contributed by atoms with Gasteiger partial charge in [0.15, 0.2) is 0 Å². The van der Waals surface area contributed by atoms with Crippen LogP contribution in [0.2, 0.25) is 0 Å². The molecule has 1 aliphatic rings. The Bertz CT molecular complexity index is 721. The van der Waals surface area contributed by atoms with Crippen LogP contribution in [-0.4, -0.2) is 39.8 Å². The molecule has 0 radical (unpaired) electrons. The number of carbonyl (C=O) groups excluding carboxylic acids is 2. The maximum absolute atomic E-state index is 12.1. The Morgan fingerprint density at radius 2 is 2.21 bits per heavy atom. The molecular formula is C17H18N4O3. The highest BCUT2D eigenvalue weighted by Gasteiger charge is 2.20. The van der Waals surface area contributed by atoms with E-state index in [-0.39, 0.29) is 18.4 Å². The van der Waals surface area contributed by atoms with E-state index in [2.05, 4.69) is 15.3 Å². The second kappa shape index (κ2) is 7.54. The van der Waals surface area contributed by atoms with Gasteiger partial charge in [-0.3, -0.25) is 14.6 Å². The summed E-state index contributed by atoms with van der Waals surface area (Å²) >= 11 is 0. The molecule has 1 aliphatic heterocycles. The maximum Gasteiger partial charge on any atom is 0.243 e. The van der Waals surface area contributed by atoms with Crippen molar-refractivity contribution in [3.05, 3.63) is 42.9 Å². The molecule has 0 saturated carbocycles. The third-order valence-electron chi connectivity index (χ3n) is 3.64. The number of hydrogen-bond donors (Lipinski definition) is 1. The summed E-state index contributed by atoms with van der Waals surface area (Å²) < 4.78 is 5.58. The highest BCUT2D eigenvalue weighted by molar-refractivity contribution is 5.94. The van der Waals surface area contributed by atoms with Crippen LogP contribution in [-0.2, 0) is 9.59 Å². The van der Waals surface area contributed by atoms with E-state index in [9.17, 15) is 9.59 Å². The zero-order valence-electron chi connectivity index (χ0n) is 13.1. The number of rotatable bonds is 5. The first-order chi connectivity index (χ1) is 11.7. The van der Waals surface area contributed by atoms with Crippen LogP contribution < -0.4 is 10.1 Å². The molecule has 0 unspecified atom stereocenters. The molecule has 2 amide bonds. The number of likely N-dealkylation sites (tertiary alicyclic amines) is 1. The fourth-order valence-corrected chi connectivity index (χ4v) is 2.50. The van der Waals surface area contributed by atoms with E-state index in [4.69, 9.17) is 4.74 Å². The quantitative estimate of drug-likeness (QED) is 0.911. The predicted molar refractivity (Wildman–Crippen MR) is 87.6 cm³/mol. The number of nitrogens with one attached hydrogen (secondary N) is 1. The van der Waals surface area contributed by atoms with Gasteiger partial charge in [-0.2, -0.15) is 0 Å². The standard InChI is InChI=1S/C17H18N4O3/c22-15(12-21-9-2-1-6-17(21)23)20-13-4-3-5-14(10-13)24-16-11-18-7-8-19-16/h3-5,7-8,10-11H,1-2,6,9,12H2,(H,20,22). The lowest BCUT2D eigenvalue weighted by Crippen LogP contribution is -2.40. The lowest BCUT2D eigenvalue weighted by atomic mass is 10.1. The summed E-state index contributed by atoms with van der Waals surface area (Å²) in [6.07, 6.45) is 6.98. The van der Waals surface area contributed by atoms with Crippen molar-refractivity contribution in [2.75, 3.05) is 18.4 Å². The maximum atomic E-state index is 12.1. The Hall–Kier alpha value is -2.96. The van der Waals surface area contributed by atoms with Crippen LogP contribution in [0.1, 0.15) is 19.3 Å². The monoisotopic (exact) mass is 326 g/mol. The van der Waals surface area contributed by atoms with Gasteiger partial charge in [0, 0.05) is 37.1 Å². The van der Waals surface area contributed by atoms with Crippen molar-refractivity contribution in [1.82, 2.24) is 14.9 Å². The molecule has 0 aliphatic carbocycles. The SMILES string of the molecule is O=C(CN1CCCCC1=O)Nc1cccc(Oc2cnccn2)c1. The van der Waals surface area contributed by atoms with Crippen molar-refractivity contribution >= 4 is 17.5 Å². The van der Waals surface area contributed by atoms with Gasteiger partial charge in [-0.15, -0.1) is 0 Å². The first kappa shape index (κ1) is 15.9. The molecule has 1 N–H and O–H groups in total. The average molecular weight is 326 g/mol. The van der Waals surface area contributed by atoms with Crippen LogP contribution in [0, 0.1) is 0 Å².